The van der Waals surface area contributed by atoms with E-state index in [0.717, 1.165) is 0 Å². The number of esters is 1. The normalized spacial score (nSPS) is 18.0. The van der Waals surface area contributed by atoms with E-state index in [4.69, 9.17) is 4.74 Å². The lowest BCUT2D eigenvalue weighted by Gasteiger charge is -2.30. The molecule has 17 heavy (non-hydrogen) atoms. The van der Waals surface area contributed by atoms with Gasteiger partial charge in [-0.15, -0.1) is 0 Å². The van der Waals surface area contributed by atoms with E-state index in [9.17, 15) is 9.59 Å². The molecule has 1 unspecified atom stereocenters. The number of nitrogens with zero attached hydrogens (tertiary/aromatic N) is 2. The number of carbonyl (C=O) groups excluding carboxylic acids is 2. The molecule has 1 aliphatic heterocycles. The van der Waals surface area contributed by atoms with Crippen LogP contribution in [0, 0.1) is 0 Å². The van der Waals surface area contributed by atoms with E-state index in [1.54, 1.807) is 23.8 Å². The first-order valence-corrected chi connectivity index (χ1v) is 5.70. The molecular formula is C11H20N2O4. The van der Waals surface area contributed by atoms with Crippen LogP contribution in [-0.4, -0.2) is 74.7 Å². The van der Waals surface area contributed by atoms with Gasteiger partial charge in [-0.1, -0.05) is 0 Å². The van der Waals surface area contributed by atoms with Gasteiger partial charge in [-0.25, -0.2) is 0 Å². The van der Waals surface area contributed by atoms with Gasteiger partial charge in [0.15, 0.2) is 0 Å². The Labute approximate surface area is 101 Å². The Balaban J connectivity index is 2.41. The van der Waals surface area contributed by atoms with Crippen molar-refractivity contribution in [2.45, 2.75) is 13.0 Å². The Morgan fingerprint density at radius 3 is 2.53 bits per heavy atom. The van der Waals surface area contributed by atoms with Gasteiger partial charge in [0, 0.05) is 13.1 Å². The predicted octanol–water partition coefficient (Wildman–Crippen LogP) is -0.661. The molecule has 0 aromatic rings. The molecule has 1 saturated heterocycles. The average Bonchev–Trinajstić information content (AvgIpc) is 2.37. The van der Waals surface area contributed by atoms with Crippen LogP contribution >= 0.6 is 0 Å². The third-order valence-corrected chi connectivity index (χ3v) is 2.95. The second-order valence-electron chi connectivity index (χ2n) is 4.11. The highest BCUT2D eigenvalue weighted by Gasteiger charge is 2.23. The maximum atomic E-state index is 11.9. The van der Waals surface area contributed by atoms with Crippen LogP contribution in [0.1, 0.15) is 6.92 Å². The number of rotatable bonds is 4. The van der Waals surface area contributed by atoms with Crippen LogP contribution in [0.5, 0.6) is 0 Å². The molecule has 1 amide bonds. The molecule has 0 radical (unpaired) electrons. The summed E-state index contributed by atoms with van der Waals surface area (Å²) in [7, 11) is 3.08. The molecule has 98 valence electrons. The Hall–Kier alpha value is -1.14. The van der Waals surface area contributed by atoms with Crippen LogP contribution in [0.25, 0.3) is 0 Å². The zero-order chi connectivity index (χ0) is 12.8. The summed E-state index contributed by atoms with van der Waals surface area (Å²) in [5, 5.41) is 0. The van der Waals surface area contributed by atoms with Crippen molar-refractivity contribution in [1.29, 1.82) is 0 Å². The van der Waals surface area contributed by atoms with Gasteiger partial charge in [0.1, 0.15) is 6.04 Å². The van der Waals surface area contributed by atoms with Crippen LogP contribution in [0.3, 0.4) is 0 Å². The van der Waals surface area contributed by atoms with Crippen molar-refractivity contribution in [3.8, 4) is 0 Å². The quantitative estimate of drug-likeness (QED) is 0.614. The van der Waals surface area contributed by atoms with E-state index in [-0.39, 0.29) is 18.4 Å². The lowest BCUT2D eigenvalue weighted by molar-refractivity contribution is -0.147. The van der Waals surface area contributed by atoms with Gasteiger partial charge in [-0.05, 0) is 14.0 Å². The van der Waals surface area contributed by atoms with Crippen molar-refractivity contribution in [3.05, 3.63) is 0 Å². The molecule has 0 aromatic heterocycles. The smallest absolute Gasteiger partial charge is 0.322 e. The molecule has 1 rings (SSSR count). The number of likely N-dealkylation sites (N-methyl/N-ethyl adjacent to an activating group) is 1. The van der Waals surface area contributed by atoms with Gasteiger partial charge in [0.2, 0.25) is 5.91 Å². The van der Waals surface area contributed by atoms with Gasteiger partial charge in [-0.3, -0.25) is 14.5 Å². The van der Waals surface area contributed by atoms with Crippen LogP contribution in [0.4, 0.5) is 0 Å². The Morgan fingerprint density at radius 2 is 2.00 bits per heavy atom. The Kier molecular flexibility index (Phi) is 5.37. The van der Waals surface area contributed by atoms with E-state index in [1.807, 2.05) is 0 Å². The fraction of sp³-hybridized carbons (Fsp3) is 0.818. The van der Waals surface area contributed by atoms with E-state index >= 15 is 0 Å². The van der Waals surface area contributed by atoms with E-state index in [0.29, 0.717) is 26.3 Å². The lowest BCUT2D eigenvalue weighted by atomic mass is 10.3. The highest BCUT2D eigenvalue weighted by Crippen LogP contribution is 2.02. The van der Waals surface area contributed by atoms with E-state index in [2.05, 4.69) is 4.74 Å². The number of hydrogen-bond donors (Lipinski definition) is 0. The maximum absolute atomic E-state index is 11.9. The summed E-state index contributed by atoms with van der Waals surface area (Å²) in [6.45, 7) is 4.36. The van der Waals surface area contributed by atoms with E-state index < -0.39 is 6.04 Å². The van der Waals surface area contributed by atoms with Crippen molar-refractivity contribution in [3.63, 3.8) is 0 Å². The second kappa shape index (κ2) is 6.56. The first-order valence-electron chi connectivity index (χ1n) is 5.70. The molecule has 0 aromatic carbocycles. The Bertz CT molecular complexity index is 277. The summed E-state index contributed by atoms with van der Waals surface area (Å²) in [5.41, 5.74) is 0. The summed E-state index contributed by atoms with van der Waals surface area (Å²) in [6.07, 6.45) is 0. The molecule has 0 spiro atoms. The summed E-state index contributed by atoms with van der Waals surface area (Å²) < 4.78 is 9.81. The molecule has 1 heterocycles. The topological polar surface area (TPSA) is 59.1 Å². The number of methoxy groups -OCH3 is 1. The number of carbonyl (C=O) groups is 2. The van der Waals surface area contributed by atoms with Crippen molar-refractivity contribution in [2.24, 2.45) is 0 Å². The molecular weight excluding hydrogens is 224 g/mol. The molecule has 0 aliphatic carbocycles. The lowest BCUT2D eigenvalue weighted by Crippen LogP contribution is -2.48. The number of ether oxygens (including phenoxy) is 2. The SMILES string of the molecule is COC(=O)C(C)N(C)CC(=O)N1CCOCC1. The van der Waals surface area contributed by atoms with Crippen LogP contribution in [0.2, 0.25) is 0 Å². The minimum absolute atomic E-state index is 0.0200. The molecule has 0 N–H and O–H groups in total. The number of amides is 1. The molecule has 1 atom stereocenters. The molecule has 0 bridgehead atoms. The molecule has 6 nitrogen and oxygen atoms in total. The third-order valence-electron chi connectivity index (χ3n) is 2.95. The van der Waals surface area contributed by atoms with Crippen LogP contribution < -0.4 is 0 Å². The maximum Gasteiger partial charge on any atom is 0.322 e. The van der Waals surface area contributed by atoms with E-state index in [1.165, 1.54) is 7.11 Å². The fourth-order valence-corrected chi connectivity index (χ4v) is 1.61. The Morgan fingerprint density at radius 1 is 1.41 bits per heavy atom. The largest absolute Gasteiger partial charge is 0.468 e. The monoisotopic (exact) mass is 244 g/mol. The van der Waals surface area contributed by atoms with Gasteiger partial charge >= 0.3 is 5.97 Å². The predicted molar refractivity (Wildman–Crippen MR) is 61.5 cm³/mol. The number of morpholine rings is 1. The second-order valence-corrected chi connectivity index (χ2v) is 4.11. The zero-order valence-electron chi connectivity index (χ0n) is 10.6. The van der Waals surface area contributed by atoms with Crippen molar-refractivity contribution in [1.82, 2.24) is 9.80 Å². The van der Waals surface area contributed by atoms with Crippen molar-refractivity contribution >= 4 is 11.9 Å². The molecule has 0 saturated carbocycles. The zero-order valence-corrected chi connectivity index (χ0v) is 10.6. The van der Waals surface area contributed by atoms with Gasteiger partial charge in [0.25, 0.3) is 0 Å². The number of hydrogen-bond acceptors (Lipinski definition) is 5. The summed E-state index contributed by atoms with van der Waals surface area (Å²) in [6, 6.07) is -0.412. The highest BCUT2D eigenvalue weighted by atomic mass is 16.5. The standard InChI is InChI=1S/C11H20N2O4/c1-9(11(15)16-3)12(2)8-10(14)13-4-6-17-7-5-13/h9H,4-8H2,1-3H3. The van der Waals surface area contributed by atoms with Crippen LogP contribution in [0.15, 0.2) is 0 Å². The highest BCUT2D eigenvalue weighted by molar-refractivity contribution is 5.80. The van der Waals surface area contributed by atoms with Crippen molar-refractivity contribution in [2.75, 3.05) is 47.0 Å². The van der Waals surface area contributed by atoms with Crippen molar-refractivity contribution < 1.29 is 19.1 Å². The van der Waals surface area contributed by atoms with Gasteiger partial charge in [0.05, 0.1) is 26.9 Å². The minimum atomic E-state index is -0.412. The molecule has 1 aliphatic rings. The minimum Gasteiger partial charge on any atom is -0.468 e. The summed E-state index contributed by atoms with van der Waals surface area (Å²) >= 11 is 0. The summed E-state index contributed by atoms with van der Waals surface area (Å²) in [4.78, 5) is 26.6. The third kappa shape index (κ3) is 3.98. The fourth-order valence-electron chi connectivity index (χ4n) is 1.61. The molecule has 1 fully saturated rings. The molecule has 6 heteroatoms. The first kappa shape index (κ1) is 13.9. The first-order chi connectivity index (χ1) is 8.06. The van der Waals surface area contributed by atoms with Gasteiger partial charge in [-0.2, -0.15) is 0 Å². The van der Waals surface area contributed by atoms with Crippen LogP contribution in [-0.2, 0) is 19.1 Å². The average molecular weight is 244 g/mol. The summed E-state index contributed by atoms with van der Waals surface area (Å²) in [5.74, 6) is -0.311. The van der Waals surface area contributed by atoms with Gasteiger partial charge < -0.3 is 14.4 Å².